The molecule has 20 heavy (non-hydrogen) atoms. The number of carboxylic acid groups (broad SMARTS) is 1. The molecular weight excluding hydrogens is 262 g/mol. The molecule has 6 heteroatoms. The second-order valence-corrected chi connectivity index (χ2v) is 4.41. The van der Waals surface area contributed by atoms with E-state index in [2.05, 4.69) is 10.1 Å². The molecule has 0 aliphatic heterocycles. The fourth-order valence-corrected chi connectivity index (χ4v) is 1.85. The fourth-order valence-electron chi connectivity index (χ4n) is 1.85. The maximum Gasteiger partial charge on any atom is 0.326 e. The first-order chi connectivity index (χ1) is 9.36. The van der Waals surface area contributed by atoms with Gasteiger partial charge in [0, 0.05) is 5.56 Å². The predicted molar refractivity (Wildman–Crippen MR) is 71.4 cm³/mol. The molecule has 1 aromatic rings. The van der Waals surface area contributed by atoms with Crippen molar-refractivity contribution in [3.8, 4) is 0 Å². The molecule has 0 aliphatic carbocycles. The van der Waals surface area contributed by atoms with E-state index in [9.17, 15) is 14.4 Å². The van der Waals surface area contributed by atoms with Gasteiger partial charge in [0.2, 0.25) is 0 Å². The first-order valence-corrected chi connectivity index (χ1v) is 6.03. The quantitative estimate of drug-likeness (QED) is 0.786. The Kier molecular flexibility index (Phi) is 5.25. The number of hydrogen-bond acceptors (Lipinski definition) is 4. The van der Waals surface area contributed by atoms with E-state index >= 15 is 0 Å². The molecule has 0 bridgehead atoms. The lowest BCUT2D eigenvalue weighted by atomic mass is 10.0. The summed E-state index contributed by atoms with van der Waals surface area (Å²) in [5, 5.41) is 11.4. The Morgan fingerprint density at radius 1 is 1.25 bits per heavy atom. The lowest BCUT2D eigenvalue weighted by molar-refractivity contribution is -0.147. The maximum absolute atomic E-state index is 12.1. The Bertz CT molecular complexity index is 518. The molecule has 0 radical (unpaired) electrons. The molecule has 0 aromatic heterocycles. The number of hydrogen-bond donors (Lipinski definition) is 2. The van der Waals surface area contributed by atoms with Crippen molar-refractivity contribution < 1.29 is 24.2 Å². The summed E-state index contributed by atoms with van der Waals surface area (Å²) in [4.78, 5) is 34.4. The van der Waals surface area contributed by atoms with Crippen LogP contribution >= 0.6 is 0 Å². The van der Waals surface area contributed by atoms with Gasteiger partial charge in [0.25, 0.3) is 5.91 Å². The molecule has 1 atom stereocenters. The summed E-state index contributed by atoms with van der Waals surface area (Å²) in [6.07, 6.45) is -0.414. The highest BCUT2D eigenvalue weighted by atomic mass is 16.5. The highest BCUT2D eigenvalue weighted by Gasteiger charge is 2.25. The van der Waals surface area contributed by atoms with Crippen LogP contribution in [-0.2, 0) is 14.3 Å². The van der Waals surface area contributed by atoms with Gasteiger partial charge in [-0.1, -0.05) is 18.2 Å². The minimum atomic E-state index is -1.31. The average Bonchev–Trinajstić information content (AvgIpc) is 2.37. The number of rotatable bonds is 5. The van der Waals surface area contributed by atoms with Gasteiger partial charge < -0.3 is 15.2 Å². The maximum atomic E-state index is 12.1. The summed E-state index contributed by atoms with van der Waals surface area (Å²) in [5.41, 5.74) is 1.90. The van der Waals surface area contributed by atoms with Crippen LogP contribution in [0.25, 0.3) is 0 Å². The Hall–Kier alpha value is -2.37. The van der Waals surface area contributed by atoms with Gasteiger partial charge in [-0.25, -0.2) is 4.79 Å². The van der Waals surface area contributed by atoms with E-state index in [4.69, 9.17) is 5.11 Å². The van der Waals surface area contributed by atoms with E-state index in [0.29, 0.717) is 5.56 Å². The number of methoxy groups -OCH3 is 1. The molecule has 0 aliphatic rings. The van der Waals surface area contributed by atoms with Crippen molar-refractivity contribution in [1.29, 1.82) is 0 Å². The second kappa shape index (κ2) is 6.70. The Balaban J connectivity index is 2.91. The lowest BCUT2D eigenvalue weighted by Gasteiger charge is -2.15. The molecule has 0 spiro atoms. The topological polar surface area (TPSA) is 92.7 Å². The summed E-state index contributed by atoms with van der Waals surface area (Å²) < 4.78 is 4.41. The van der Waals surface area contributed by atoms with E-state index in [1.54, 1.807) is 26.0 Å². The Morgan fingerprint density at radius 3 is 2.25 bits per heavy atom. The number of carbonyl (C=O) groups excluding carboxylic acids is 2. The molecule has 0 unspecified atom stereocenters. The van der Waals surface area contributed by atoms with Gasteiger partial charge in [-0.15, -0.1) is 0 Å². The van der Waals surface area contributed by atoms with Crippen molar-refractivity contribution in [2.45, 2.75) is 26.3 Å². The van der Waals surface area contributed by atoms with Crippen molar-refractivity contribution in [2.24, 2.45) is 0 Å². The van der Waals surface area contributed by atoms with Gasteiger partial charge in [0.05, 0.1) is 13.5 Å². The van der Waals surface area contributed by atoms with Gasteiger partial charge in [0.1, 0.15) is 6.04 Å². The third kappa shape index (κ3) is 3.81. The standard InChI is InChI=1S/C14H17NO5/c1-8-5-4-6-9(2)12(8)13(17)15-10(14(18)19)7-11(16)20-3/h4-6,10H,7H2,1-3H3,(H,15,17)(H,18,19)/t10-/m0/s1. The van der Waals surface area contributed by atoms with Crippen LogP contribution in [0, 0.1) is 13.8 Å². The van der Waals surface area contributed by atoms with E-state index in [1.165, 1.54) is 0 Å². The summed E-state index contributed by atoms with van der Waals surface area (Å²) in [7, 11) is 1.16. The van der Waals surface area contributed by atoms with Crippen molar-refractivity contribution in [1.82, 2.24) is 5.32 Å². The van der Waals surface area contributed by atoms with E-state index in [1.807, 2.05) is 6.07 Å². The fraction of sp³-hybridized carbons (Fsp3) is 0.357. The minimum Gasteiger partial charge on any atom is -0.480 e. The first-order valence-electron chi connectivity index (χ1n) is 6.03. The number of ether oxygens (including phenoxy) is 1. The monoisotopic (exact) mass is 279 g/mol. The lowest BCUT2D eigenvalue weighted by Crippen LogP contribution is -2.42. The van der Waals surface area contributed by atoms with Crippen molar-refractivity contribution in [3.05, 3.63) is 34.9 Å². The Morgan fingerprint density at radius 2 is 1.80 bits per heavy atom. The molecule has 0 heterocycles. The van der Waals surface area contributed by atoms with Gasteiger partial charge >= 0.3 is 11.9 Å². The molecule has 1 aromatic carbocycles. The number of nitrogens with one attached hydrogen (secondary N) is 1. The smallest absolute Gasteiger partial charge is 0.326 e. The van der Waals surface area contributed by atoms with Crippen LogP contribution in [0.5, 0.6) is 0 Å². The second-order valence-electron chi connectivity index (χ2n) is 4.41. The van der Waals surface area contributed by atoms with Crippen LogP contribution in [0.15, 0.2) is 18.2 Å². The third-order valence-corrected chi connectivity index (χ3v) is 2.91. The van der Waals surface area contributed by atoms with Crippen LogP contribution in [0.1, 0.15) is 27.9 Å². The van der Waals surface area contributed by atoms with Crippen LogP contribution in [0.2, 0.25) is 0 Å². The number of aryl methyl sites for hydroxylation is 2. The molecule has 6 nitrogen and oxygen atoms in total. The normalized spacial score (nSPS) is 11.6. The third-order valence-electron chi connectivity index (χ3n) is 2.91. The van der Waals surface area contributed by atoms with Crippen LogP contribution in [0.3, 0.4) is 0 Å². The van der Waals surface area contributed by atoms with Crippen LogP contribution in [0.4, 0.5) is 0 Å². The van der Waals surface area contributed by atoms with Gasteiger partial charge in [-0.3, -0.25) is 9.59 Å². The predicted octanol–water partition coefficient (Wildman–Crippen LogP) is 1.05. The number of esters is 1. The first kappa shape index (κ1) is 15.7. The van der Waals surface area contributed by atoms with Gasteiger partial charge in [-0.05, 0) is 25.0 Å². The molecule has 108 valence electrons. The number of carboxylic acids is 1. The van der Waals surface area contributed by atoms with E-state index < -0.39 is 30.3 Å². The largest absolute Gasteiger partial charge is 0.480 e. The zero-order valence-electron chi connectivity index (χ0n) is 11.6. The van der Waals surface area contributed by atoms with E-state index in [-0.39, 0.29) is 0 Å². The van der Waals surface area contributed by atoms with Crippen molar-refractivity contribution in [3.63, 3.8) is 0 Å². The molecule has 1 amide bonds. The van der Waals surface area contributed by atoms with Crippen molar-refractivity contribution >= 4 is 17.8 Å². The SMILES string of the molecule is COC(=O)C[C@H](NC(=O)c1c(C)cccc1C)C(=O)O. The zero-order chi connectivity index (χ0) is 15.3. The van der Waals surface area contributed by atoms with Crippen LogP contribution < -0.4 is 5.32 Å². The van der Waals surface area contributed by atoms with E-state index in [0.717, 1.165) is 18.2 Å². The van der Waals surface area contributed by atoms with Gasteiger partial charge in [-0.2, -0.15) is 0 Å². The molecule has 1 rings (SSSR count). The van der Waals surface area contributed by atoms with Crippen molar-refractivity contribution in [2.75, 3.05) is 7.11 Å². The summed E-state index contributed by atoms with van der Waals surface area (Å²) in [6, 6.07) is 4.02. The highest BCUT2D eigenvalue weighted by molar-refractivity contribution is 5.99. The minimum absolute atomic E-state index is 0.414. The summed E-state index contributed by atoms with van der Waals surface area (Å²) >= 11 is 0. The number of aliphatic carboxylic acids is 1. The molecule has 0 saturated heterocycles. The molecule has 0 fully saturated rings. The Labute approximate surface area is 116 Å². The number of amides is 1. The summed E-state index contributed by atoms with van der Waals surface area (Å²) in [6.45, 7) is 3.52. The zero-order valence-corrected chi connectivity index (χ0v) is 11.6. The average molecular weight is 279 g/mol. The number of carbonyl (C=O) groups is 3. The van der Waals surface area contributed by atoms with Gasteiger partial charge in [0.15, 0.2) is 0 Å². The highest BCUT2D eigenvalue weighted by Crippen LogP contribution is 2.13. The molecule has 2 N–H and O–H groups in total. The molecular formula is C14H17NO5. The number of benzene rings is 1. The summed E-state index contributed by atoms with van der Waals surface area (Å²) in [5.74, 6) is -2.49. The van der Waals surface area contributed by atoms with Crippen LogP contribution in [-0.4, -0.2) is 36.1 Å². The molecule has 0 saturated carbocycles.